The van der Waals surface area contributed by atoms with Crippen LogP contribution >= 0.6 is 23.2 Å². The molecule has 0 aromatic heterocycles. The number of benzene rings is 1. The number of amides is 1. The van der Waals surface area contributed by atoms with Crippen LogP contribution in [0.2, 0.25) is 10.0 Å². The fourth-order valence-electron chi connectivity index (χ4n) is 1.94. The summed E-state index contributed by atoms with van der Waals surface area (Å²) in [6, 6.07) is 5.39. The highest BCUT2D eigenvalue weighted by atomic mass is 35.5. The van der Waals surface area contributed by atoms with Gasteiger partial charge in [0.2, 0.25) is 5.91 Å². The van der Waals surface area contributed by atoms with E-state index in [9.17, 15) is 4.79 Å². The first kappa shape index (κ1) is 12.7. The first-order valence-corrected chi connectivity index (χ1v) is 6.06. The normalized spacial score (nSPS) is 22.4. The van der Waals surface area contributed by atoms with Gasteiger partial charge in [-0.3, -0.25) is 9.63 Å². The average Bonchev–Trinajstić information content (AvgIpc) is 3.07. The molecule has 1 aromatic rings. The van der Waals surface area contributed by atoms with Gasteiger partial charge in [0.25, 0.3) is 0 Å². The highest BCUT2D eigenvalue weighted by molar-refractivity contribution is 6.35. The van der Waals surface area contributed by atoms with E-state index in [0.29, 0.717) is 10.0 Å². The molecule has 3 nitrogen and oxygen atoms in total. The fraction of sp³-hybridized carbons (Fsp3) is 0.417. The van der Waals surface area contributed by atoms with Gasteiger partial charge in [0.1, 0.15) is 0 Å². The van der Waals surface area contributed by atoms with Crippen LogP contribution in [0.3, 0.4) is 0 Å². The van der Waals surface area contributed by atoms with Gasteiger partial charge >= 0.3 is 0 Å². The first-order valence-electron chi connectivity index (χ1n) is 5.31. The van der Waals surface area contributed by atoms with Crippen LogP contribution in [-0.4, -0.2) is 25.1 Å². The van der Waals surface area contributed by atoms with Crippen LogP contribution in [0.25, 0.3) is 0 Å². The van der Waals surface area contributed by atoms with E-state index in [0.717, 1.165) is 12.0 Å². The van der Waals surface area contributed by atoms with Crippen molar-refractivity contribution in [3.8, 4) is 0 Å². The summed E-state index contributed by atoms with van der Waals surface area (Å²) >= 11 is 11.9. The van der Waals surface area contributed by atoms with Crippen LogP contribution in [0, 0.1) is 5.92 Å². The molecule has 1 amide bonds. The van der Waals surface area contributed by atoms with Crippen molar-refractivity contribution in [1.29, 1.82) is 0 Å². The lowest BCUT2D eigenvalue weighted by Gasteiger charge is -2.13. The zero-order valence-electron chi connectivity index (χ0n) is 9.61. The predicted octanol–water partition coefficient (Wildman–Crippen LogP) is 3.12. The van der Waals surface area contributed by atoms with Gasteiger partial charge in [0.05, 0.1) is 7.11 Å². The van der Waals surface area contributed by atoms with Crippen molar-refractivity contribution < 1.29 is 9.63 Å². The Labute approximate surface area is 110 Å². The number of carbonyl (C=O) groups excluding carboxylic acids is 1. The zero-order chi connectivity index (χ0) is 12.6. The summed E-state index contributed by atoms with van der Waals surface area (Å²) in [5.74, 6) is 0.145. The molecule has 0 radical (unpaired) electrons. The minimum absolute atomic E-state index is 0.0106. The molecule has 0 saturated heterocycles. The number of hydrogen-bond donors (Lipinski definition) is 0. The topological polar surface area (TPSA) is 29.5 Å². The van der Waals surface area contributed by atoms with Crippen LogP contribution in [-0.2, 0) is 9.63 Å². The summed E-state index contributed by atoms with van der Waals surface area (Å²) in [5.41, 5.74) is 0.985. The molecule has 1 aromatic carbocycles. The molecule has 2 atom stereocenters. The Morgan fingerprint density at radius 1 is 1.47 bits per heavy atom. The molecule has 5 heteroatoms. The lowest BCUT2D eigenvalue weighted by atomic mass is 10.1. The molecule has 0 N–H and O–H groups in total. The van der Waals surface area contributed by atoms with E-state index in [-0.39, 0.29) is 17.7 Å². The second-order valence-corrected chi connectivity index (χ2v) is 4.98. The van der Waals surface area contributed by atoms with Crippen molar-refractivity contribution in [2.24, 2.45) is 5.92 Å². The summed E-state index contributed by atoms with van der Waals surface area (Å²) in [7, 11) is 3.09. The zero-order valence-corrected chi connectivity index (χ0v) is 11.1. The Kier molecular flexibility index (Phi) is 3.61. The smallest absolute Gasteiger partial charge is 0.249 e. The van der Waals surface area contributed by atoms with Gasteiger partial charge in [0, 0.05) is 23.0 Å². The van der Waals surface area contributed by atoms with E-state index in [1.165, 1.54) is 12.2 Å². The summed E-state index contributed by atoms with van der Waals surface area (Å²) in [6.45, 7) is 0. The van der Waals surface area contributed by atoms with E-state index < -0.39 is 0 Å². The van der Waals surface area contributed by atoms with Gasteiger partial charge < -0.3 is 0 Å². The maximum absolute atomic E-state index is 11.8. The first-order chi connectivity index (χ1) is 8.04. The van der Waals surface area contributed by atoms with Gasteiger partial charge in [-0.1, -0.05) is 29.3 Å². The van der Waals surface area contributed by atoms with Crippen molar-refractivity contribution in [1.82, 2.24) is 5.06 Å². The Balaban J connectivity index is 2.10. The molecule has 0 heterocycles. The number of hydroxylamine groups is 2. The molecular weight excluding hydrogens is 261 g/mol. The molecule has 0 bridgehead atoms. The number of rotatable bonds is 3. The van der Waals surface area contributed by atoms with Crippen LogP contribution in [0.4, 0.5) is 0 Å². The quantitative estimate of drug-likeness (QED) is 0.792. The van der Waals surface area contributed by atoms with Crippen LogP contribution in [0.5, 0.6) is 0 Å². The predicted molar refractivity (Wildman–Crippen MR) is 67.1 cm³/mol. The maximum Gasteiger partial charge on any atom is 0.249 e. The largest absolute Gasteiger partial charge is 0.275 e. The lowest BCUT2D eigenvalue weighted by molar-refractivity contribution is -0.170. The highest BCUT2D eigenvalue weighted by Gasteiger charge is 2.46. The van der Waals surface area contributed by atoms with Crippen LogP contribution in [0.1, 0.15) is 17.9 Å². The van der Waals surface area contributed by atoms with Crippen molar-refractivity contribution in [3.63, 3.8) is 0 Å². The minimum atomic E-state index is -0.0291. The summed E-state index contributed by atoms with van der Waals surface area (Å²) in [5, 5.41) is 2.49. The maximum atomic E-state index is 11.8. The molecular formula is C12H13Cl2NO2. The molecule has 1 fully saturated rings. The number of hydrogen-bond acceptors (Lipinski definition) is 2. The number of halogens is 2. The molecule has 1 aliphatic carbocycles. The van der Waals surface area contributed by atoms with E-state index in [1.807, 2.05) is 6.07 Å². The fourth-order valence-corrected chi connectivity index (χ4v) is 2.49. The summed E-state index contributed by atoms with van der Waals surface area (Å²) in [6.07, 6.45) is 0.813. The molecule has 92 valence electrons. The van der Waals surface area contributed by atoms with Crippen molar-refractivity contribution in [3.05, 3.63) is 33.8 Å². The standard InChI is InChI=1S/C12H13Cl2NO2/c1-15(17-2)12(16)10-6-9(10)8-4-3-7(13)5-11(8)14/h3-5,9-10H,6H2,1-2H3. The Morgan fingerprint density at radius 3 is 2.76 bits per heavy atom. The number of carbonyl (C=O) groups is 1. The van der Waals surface area contributed by atoms with E-state index in [2.05, 4.69) is 0 Å². The highest BCUT2D eigenvalue weighted by Crippen LogP contribution is 2.50. The number of nitrogens with zero attached hydrogens (tertiary/aromatic N) is 1. The average molecular weight is 274 g/mol. The third-order valence-corrected chi connectivity index (χ3v) is 3.62. The molecule has 2 unspecified atom stereocenters. The van der Waals surface area contributed by atoms with Crippen molar-refractivity contribution >= 4 is 29.1 Å². The van der Waals surface area contributed by atoms with Crippen LogP contribution < -0.4 is 0 Å². The van der Waals surface area contributed by atoms with Gasteiger partial charge in [-0.2, -0.15) is 0 Å². The SMILES string of the molecule is CON(C)C(=O)C1CC1c1ccc(Cl)cc1Cl. The third-order valence-electron chi connectivity index (χ3n) is 3.05. The van der Waals surface area contributed by atoms with Gasteiger partial charge in [-0.25, -0.2) is 5.06 Å². The Hall–Kier alpha value is -0.770. The molecule has 1 aliphatic rings. The monoisotopic (exact) mass is 273 g/mol. The third kappa shape index (κ3) is 2.57. The van der Waals surface area contributed by atoms with Crippen molar-refractivity contribution in [2.45, 2.75) is 12.3 Å². The lowest BCUT2D eigenvalue weighted by Crippen LogP contribution is -2.27. The van der Waals surface area contributed by atoms with Gasteiger partial charge in [0.15, 0.2) is 0 Å². The molecule has 1 saturated carbocycles. The van der Waals surface area contributed by atoms with Gasteiger partial charge in [-0.05, 0) is 30.0 Å². The molecule has 17 heavy (non-hydrogen) atoms. The van der Waals surface area contributed by atoms with E-state index >= 15 is 0 Å². The summed E-state index contributed by atoms with van der Waals surface area (Å²) in [4.78, 5) is 16.7. The van der Waals surface area contributed by atoms with Crippen LogP contribution in [0.15, 0.2) is 18.2 Å². The van der Waals surface area contributed by atoms with E-state index in [4.69, 9.17) is 28.0 Å². The van der Waals surface area contributed by atoms with E-state index in [1.54, 1.807) is 19.2 Å². The second kappa shape index (κ2) is 4.84. The molecule has 0 spiro atoms. The Bertz CT molecular complexity index is 450. The minimum Gasteiger partial charge on any atom is -0.275 e. The molecule has 0 aliphatic heterocycles. The Morgan fingerprint density at radius 2 is 2.18 bits per heavy atom. The van der Waals surface area contributed by atoms with Crippen molar-refractivity contribution in [2.75, 3.05) is 14.2 Å². The second-order valence-electron chi connectivity index (χ2n) is 4.13. The summed E-state index contributed by atoms with van der Waals surface area (Å²) < 4.78 is 0. The van der Waals surface area contributed by atoms with Gasteiger partial charge in [-0.15, -0.1) is 0 Å². The molecule has 2 rings (SSSR count).